The van der Waals surface area contributed by atoms with Crippen LogP contribution in [-0.4, -0.2) is 34.9 Å². The van der Waals surface area contributed by atoms with E-state index in [2.05, 4.69) is 22.6 Å². The molecular formula is C16H18INO3S2. The van der Waals surface area contributed by atoms with Crippen molar-refractivity contribution in [2.45, 2.75) is 26.9 Å². The van der Waals surface area contributed by atoms with Crippen molar-refractivity contribution in [3.63, 3.8) is 0 Å². The minimum absolute atomic E-state index is 0.0426. The lowest BCUT2D eigenvalue weighted by Gasteiger charge is -2.16. The third-order valence-corrected chi connectivity index (χ3v) is 5.27. The molecule has 1 aliphatic heterocycles. The Morgan fingerprint density at radius 2 is 2.13 bits per heavy atom. The van der Waals surface area contributed by atoms with Crippen molar-refractivity contribution in [1.82, 2.24) is 4.90 Å². The maximum atomic E-state index is 12.3. The van der Waals surface area contributed by atoms with Gasteiger partial charge in [-0.3, -0.25) is 9.69 Å². The highest BCUT2D eigenvalue weighted by atomic mass is 127. The number of rotatable bonds is 5. The zero-order valence-electron chi connectivity index (χ0n) is 13.4. The average molecular weight is 463 g/mol. The maximum absolute atomic E-state index is 12.3. The molecule has 0 atom stereocenters. The van der Waals surface area contributed by atoms with Crippen LogP contribution < -0.4 is 9.47 Å². The van der Waals surface area contributed by atoms with E-state index in [4.69, 9.17) is 21.7 Å². The lowest BCUT2D eigenvalue weighted by molar-refractivity contribution is -0.121. The van der Waals surface area contributed by atoms with Gasteiger partial charge in [-0.15, -0.1) is 0 Å². The summed E-state index contributed by atoms with van der Waals surface area (Å²) in [6, 6.07) is 3.84. The van der Waals surface area contributed by atoms with Crippen LogP contribution in [0, 0.1) is 3.57 Å². The van der Waals surface area contributed by atoms with Crippen molar-refractivity contribution in [1.29, 1.82) is 0 Å². The predicted molar refractivity (Wildman–Crippen MR) is 107 cm³/mol. The van der Waals surface area contributed by atoms with Crippen molar-refractivity contribution in [2.24, 2.45) is 0 Å². The van der Waals surface area contributed by atoms with Crippen LogP contribution in [-0.2, 0) is 4.79 Å². The molecule has 1 aromatic carbocycles. The zero-order valence-corrected chi connectivity index (χ0v) is 17.2. The van der Waals surface area contributed by atoms with Crippen LogP contribution in [0.15, 0.2) is 17.0 Å². The highest BCUT2D eigenvalue weighted by molar-refractivity contribution is 14.1. The minimum Gasteiger partial charge on any atom is -0.493 e. The van der Waals surface area contributed by atoms with Gasteiger partial charge in [0.1, 0.15) is 4.32 Å². The summed E-state index contributed by atoms with van der Waals surface area (Å²) in [6.07, 6.45) is 1.91. The number of amides is 1. The van der Waals surface area contributed by atoms with Crippen LogP contribution in [0.25, 0.3) is 6.08 Å². The van der Waals surface area contributed by atoms with Gasteiger partial charge in [0.25, 0.3) is 5.91 Å². The van der Waals surface area contributed by atoms with Gasteiger partial charge in [0, 0.05) is 6.54 Å². The highest BCUT2D eigenvalue weighted by Crippen LogP contribution is 2.37. The number of ether oxygens (including phenoxy) is 2. The highest BCUT2D eigenvalue weighted by Gasteiger charge is 2.30. The van der Waals surface area contributed by atoms with Crippen molar-refractivity contribution in [2.75, 3.05) is 13.7 Å². The summed E-state index contributed by atoms with van der Waals surface area (Å²) in [6.45, 7) is 6.45. The predicted octanol–water partition coefficient (Wildman–Crippen LogP) is 4.31. The van der Waals surface area contributed by atoms with E-state index in [1.165, 1.54) is 11.8 Å². The first kappa shape index (κ1) is 18.5. The van der Waals surface area contributed by atoms with Gasteiger partial charge < -0.3 is 9.47 Å². The molecule has 0 aliphatic carbocycles. The number of methoxy groups -OCH3 is 1. The van der Waals surface area contributed by atoms with Crippen LogP contribution in [0.2, 0.25) is 0 Å². The number of benzene rings is 1. The molecule has 2 rings (SSSR count). The van der Waals surface area contributed by atoms with Crippen molar-refractivity contribution in [3.05, 3.63) is 26.2 Å². The zero-order chi connectivity index (χ0) is 17.1. The number of carbonyl (C=O) groups excluding carboxylic acids is 1. The second kappa shape index (κ2) is 7.85. The fourth-order valence-electron chi connectivity index (χ4n) is 2.10. The number of halogens is 1. The first-order valence-electron chi connectivity index (χ1n) is 7.16. The Bertz CT molecular complexity index is 674. The summed E-state index contributed by atoms with van der Waals surface area (Å²) in [7, 11) is 1.61. The van der Waals surface area contributed by atoms with Gasteiger partial charge in [-0.05, 0) is 67.1 Å². The van der Waals surface area contributed by atoms with E-state index in [1.54, 1.807) is 12.0 Å². The summed E-state index contributed by atoms with van der Waals surface area (Å²) in [4.78, 5) is 14.5. The van der Waals surface area contributed by atoms with E-state index in [0.29, 0.717) is 21.5 Å². The number of thiocarbonyl (C=S) groups is 1. The van der Waals surface area contributed by atoms with Crippen LogP contribution >= 0.6 is 46.6 Å². The molecule has 1 amide bonds. The summed E-state index contributed by atoms with van der Waals surface area (Å²) >= 11 is 8.78. The molecule has 124 valence electrons. The maximum Gasteiger partial charge on any atom is 0.266 e. The van der Waals surface area contributed by atoms with Crippen LogP contribution in [0.5, 0.6) is 11.5 Å². The van der Waals surface area contributed by atoms with Gasteiger partial charge in [0.15, 0.2) is 11.5 Å². The normalized spacial score (nSPS) is 16.6. The number of likely N-dealkylation sites (N-methyl/N-ethyl adjacent to an activating group) is 1. The van der Waals surface area contributed by atoms with E-state index in [9.17, 15) is 4.79 Å². The molecule has 4 nitrogen and oxygen atoms in total. The van der Waals surface area contributed by atoms with Crippen molar-refractivity contribution < 1.29 is 14.3 Å². The Morgan fingerprint density at radius 3 is 2.65 bits per heavy atom. The summed E-state index contributed by atoms with van der Waals surface area (Å²) in [5.41, 5.74) is 0.888. The molecule has 1 saturated heterocycles. The summed E-state index contributed by atoms with van der Waals surface area (Å²) in [5.74, 6) is 1.34. The van der Waals surface area contributed by atoms with E-state index in [1.807, 2.05) is 39.0 Å². The van der Waals surface area contributed by atoms with Crippen LogP contribution in [0.4, 0.5) is 0 Å². The fraction of sp³-hybridized carbons (Fsp3) is 0.375. The van der Waals surface area contributed by atoms with Crippen LogP contribution in [0.3, 0.4) is 0 Å². The topological polar surface area (TPSA) is 38.8 Å². The first-order chi connectivity index (χ1) is 10.9. The lowest BCUT2D eigenvalue weighted by atomic mass is 10.2. The number of hydrogen-bond acceptors (Lipinski definition) is 5. The van der Waals surface area contributed by atoms with E-state index in [-0.39, 0.29) is 12.0 Å². The first-order valence-corrected chi connectivity index (χ1v) is 9.47. The third-order valence-electron chi connectivity index (χ3n) is 3.09. The Balaban J connectivity index is 2.38. The molecular weight excluding hydrogens is 445 g/mol. The van der Waals surface area contributed by atoms with Gasteiger partial charge in [0.05, 0.1) is 21.7 Å². The third kappa shape index (κ3) is 4.19. The largest absolute Gasteiger partial charge is 0.493 e. The van der Waals surface area contributed by atoms with Gasteiger partial charge >= 0.3 is 0 Å². The summed E-state index contributed by atoms with van der Waals surface area (Å²) in [5, 5.41) is 0. The van der Waals surface area contributed by atoms with E-state index < -0.39 is 0 Å². The summed E-state index contributed by atoms with van der Waals surface area (Å²) < 4.78 is 12.8. The van der Waals surface area contributed by atoms with Crippen LogP contribution in [0.1, 0.15) is 26.3 Å². The Hall–Kier alpha value is -0.800. The van der Waals surface area contributed by atoms with Crippen molar-refractivity contribution >= 4 is 62.9 Å². The van der Waals surface area contributed by atoms with Gasteiger partial charge in [-0.1, -0.05) is 24.0 Å². The lowest BCUT2D eigenvalue weighted by Crippen LogP contribution is -2.27. The Labute approximate surface area is 159 Å². The SMILES string of the molecule is CCN1C(=O)/C(=C/c2cc(I)c(OC(C)C)c(OC)c2)SC1=S. The van der Waals surface area contributed by atoms with E-state index >= 15 is 0 Å². The minimum atomic E-state index is -0.0426. The number of hydrogen-bond donors (Lipinski definition) is 0. The molecule has 0 unspecified atom stereocenters. The molecule has 1 heterocycles. The quantitative estimate of drug-likeness (QED) is 0.370. The molecule has 23 heavy (non-hydrogen) atoms. The Morgan fingerprint density at radius 1 is 1.43 bits per heavy atom. The molecule has 0 saturated carbocycles. The second-order valence-corrected chi connectivity index (χ2v) is 7.96. The number of nitrogens with zero attached hydrogens (tertiary/aromatic N) is 1. The monoisotopic (exact) mass is 463 g/mol. The number of thioether (sulfide) groups is 1. The molecule has 0 N–H and O–H groups in total. The smallest absolute Gasteiger partial charge is 0.266 e. The molecule has 0 aromatic heterocycles. The molecule has 1 fully saturated rings. The fourth-order valence-corrected chi connectivity index (χ4v) is 4.23. The number of carbonyl (C=O) groups is 1. The molecule has 1 aromatic rings. The van der Waals surface area contributed by atoms with Gasteiger partial charge in [0.2, 0.25) is 0 Å². The molecule has 0 spiro atoms. The molecule has 7 heteroatoms. The molecule has 1 aliphatic rings. The average Bonchev–Trinajstić information content (AvgIpc) is 2.75. The van der Waals surface area contributed by atoms with E-state index in [0.717, 1.165) is 14.9 Å². The van der Waals surface area contributed by atoms with Gasteiger partial charge in [-0.25, -0.2) is 0 Å². The van der Waals surface area contributed by atoms with Crippen molar-refractivity contribution in [3.8, 4) is 11.5 Å². The molecule has 0 radical (unpaired) electrons. The Kier molecular flexibility index (Phi) is 6.33. The second-order valence-electron chi connectivity index (χ2n) is 5.13. The molecule has 0 bridgehead atoms. The van der Waals surface area contributed by atoms with Gasteiger partial charge in [-0.2, -0.15) is 0 Å². The standard InChI is InChI=1S/C16H18INO3S2/c1-5-18-15(19)13(23-16(18)22)8-10-6-11(17)14(21-9(2)3)12(7-10)20-4/h6-9H,5H2,1-4H3/b13-8-.